The Hall–Kier alpha value is -0.610. The largest absolute Gasteiger partial charge is 0.481 e. The zero-order valence-corrected chi connectivity index (χ0v) is 7.42. The molecule has 0 aliphatic carbocycles. The van der Waals surface area contributed by atoms with Gasteiger partial charge in [0.1, 0.15) is 0 Å². The van der Waals surface area contributed by atoms with Crippen molar-refractivity contribution in [3.8, 4) is 0 Å². The summed E-state index contributed by atoms with van der Waals surface area (Å²) in [6, 6.07) is 0. The van der Waals surface area contributed by atoms with Crippen molar-refractivity contribution in [1.29, 1.82) is 0 Å². The van der Waals surface area contributed by atoms with Gasteiger partial charge in [0.2, 0.25) is 0 Å². The third-order valence-electron chi connectivity index (χ3n) is 0.808. The quantitative estimate of drug-likeness (QED) is 0.507. The van der Waals surface area contributed by atoms with Gasteiger partial charge in [0.05, 0.1) is 5.41 Å². The van der Waals surface area contributed by atoms with Gasteiger partial charge in [-0.3, -0.25) is 4.79 Å². The van der Waals surface area contributed by atoms with Gasteiger partial charge in [0, 0.05) is 13.1 Å². The van der Waals surface area contributed by atoms with E-state index in [-0.39, 0.29) is 0 Å². The molecular weight excluding hydrogens is 144 g/mol. The molecule has 0 aromatic heterocycles. The molecule has 0 heterocycles. The first-order chi connectivity index (χ1) is 4.86. The fourth-order valence-corrected chi connectivity index (χ4v) is 0. The lowest BCUT2D eigenvalue weighted by Gasteiger charge is -2.08. The van der Waals surface area contributed by atoms with E-state index < -0.39 is 11.4 Å². The monoisotopic (exact) mass is 162 g/mol. The number of aliphatic carboxylic acids is 1. The Kier molecular flexibility index (Phi) is 7.24. The van der Waals surface area contributed by atoms with Crippen molar-refractivity contribution < 1.29 is 9.90 Å². The number of hydrogen-bond donors (Lipinski definition) is 3. The van der Waals surface area contributed by atoms with Crippen LogP contribution >= 0.6 is 0 Å². The Morgan fingerprint density at radius 3 is 1.45 bits per heavy atom. The molecule has 0 aromatic carbocycles. The van der Waals surface area contributed by atoms with Gasteiger partial charge in [-0.2, -0.15) is 0 Å². The number of hydrogen-bond acceptors (Lipinski definition) is 3. The summed E-state index contributed by atoms with van der Waals surface area (Å²) >= 11 is 0. The molecule has 0 aliphatic rings. The molecule has 0 radical (unpaired) electrons. The molecule has 0 spiro atoms. The zero-order chi connectivity index (χ0) is 9.49. The predicted octanol–water partition coefficient (Wildman–Crippen LogP) is 0.0209. The molecule has 0 bridgehead atoms. The minimum absolute atomic E-state index is 0.583. The van der Waals surface area contributed by atoms with Crippen molar-refractivity contribution in [2.24, 2.45) is 16.9 Å². The summed E-state index contributed by atoms with van der Waals surface area (Å²) in [5.41, 5.74) is 9.22. The maximum absolute atomic E-state index is 10.0. The van der Waals surface area contributed by atoms with Crippen LogP contribution in [0.25, 0.3) is 0 Å². The molecule has 0 saturated carbocycles. The van der Waals surface area contributed by atoms with Crippen molar-refractivity contribution >= 4 is 5.97 Å². The highest BCUT2D eigenvalue weighted by Gasteiger charge is 2.18. The van der Waals surface area contributed by atoms with Crippen molar-refractivity contribution in [2.45, 2.75) is 20.8 Å². The van der Waals surface area contributed by atoms with Gasteiger partial charge in [-0.1, -0.05) is 0 Å². The van der Waals surface area contributed by atoms with Crippen molar-refractivity contribution in [3.05, 3.63) is 0 Å². The molecular formula is C7H18N2O2. The molecule has 0 saturated heterocycles. The van der Waals surface area contributed by atoms with Gasteiger partial charge >= 0.3 is 5.97 Å². The van der Waals surface area contributed by atoms with Crippen LogP contribution in [0.15, 0.2) is 0 Å². The van der Waals surface area contributed by atoms with Gasteiger partial charge in [0.25, 0.3) is 0 Å². The highest BCUT2D eigenvalue weighted by Crippen LogP contribution is 2.11. The van der Waals surface area contributed by atoms with Gasteiger partial charge in [-0.05, 0) is 20.8 Å². The third kappa shape index (κ3) is 12.6. The Balaban J connectivity index is 0. The van der Waals surface area contributed by atoms with Gasteiger partial charge in [0.15, 0.2) is 0 Å². The van der Waals surface area contributed by atoms with Crippen LogP contribution in [0, 0.1) is 5.41 Å². The second kappa shape index (κ2) is 6.12. The van der Waals surface area contributed by atoms with Gasteiger partial charge in [-0.15, -0.1) is 0 Å². The first kappa shape index (κ1) is 13.0. The van der Waals surface area contributed by atoms with E-state index in [4.69, 9.17) is 16.6 Å². The minimum atomic E-state index is -0.757. The molecule has 68 valence electrons. The zero-order valence-electron chi connectivity index (χ0n) is 7.42. The van der Waals surface area contributed by atoms with Crippen LogP contribution in [-0.4, -0.2) is 24.2 Å². The molecule has 0 unspecified atom stereocenters. The molecule has 0 aliphatic heterocycles. The summed E-state index contributed by atoms with van der Waals surface area (Å²) < 4.78 is 0. The second-order valence-electron chi connectivity index (χ2n) is 3.13. The van der Waals surface area contributed by atoms with E-state index in [1.165, 1.54) is 0 Å². The highest BCUT2D eigenvalue weighted by atomic mass is 16.4. The molecule has 4 heteroatoms. The van der Waals surface area contributed by atoms with Crippen LogP contribution < -0.4 is 11.5 Å². The Morgan fingerprint density at radius 2 is 1.45 bits per heavy atom. The van der Waals surface area contributed by atoms with Crippen LogP contribution in [0.2, 0.25) is 0 Å². The summed E-state index contributed by atoms with van der Waals surface area (Å²) in [6.45, 7) is 6.18. The Morgan fingerprint density at radius 1 is 1.27 bits per heavy atom. The van der Waals surface area contributed by atoms with Gasteiger partial charge in [-0.25, -0.2) is 0 Å². The Labute approximate surface area is 67.6 Å². The lowest BCUT2D eigenvalue weighted by atomic mass is 9.98. The van der Waals surface area contributed by atoms with Crippen LogP contribution in [0.5, 0.6) is 0 Å². The SMILES string of the molecule is CC(C)(C)C(=O)O.NCCN. The number of carboxylic acids is 1. The van der Waals surface area contributed by atoms with Crippen molar-refractivity contribution in [2.75, 3.05) is 13.1 Å². The third-order valence-corrected chi connectivity index (χ3v) is 0.808. The Bertz CT molecular complexity index is 105. The van der Waals surface area contributed by atoms with E-state index in [0.717, 1.165) is 0 Å². The summed E-state index contributed by atoms with van der Waals surface area (Å²) in [5, 5.41) is 8.25. The van der Waals surface area contributed by atoms with Crippen LogP contribution in [0.4, 0.5) is 0 Å². The topological polar surface area (TPSA) is 89.3 Å². The molecule has 4 nitrogen and oxygen atoms in total. The molecule has 0 rings (SSSR count). The lowest BCUT2D eigenvalue weighted by molar-refractivity contribution is -0.145. The van der Waals surface area contributed by atoms with Gasteiger partial charge < -0.3 is 16.6 Å². The van der Waals surface area contributed by atoms with Crippen LogP contribution in [0.1, 0.15) is 20.8 Å². The molecule has 5 N–H and O–H groups in total. The maximum Gasteiger partial charge on any atom is 0.308 e. The minimum Gasteiger partial charge on any atom is -0.481 e. The number of carboxylic acid groups (broad SMARTS) is 1. The predicted molar refractivity (Wildman–Crippen MR) is 45.2 cm³/mol. The van der Waals surface area contributed by atoms with E-state index in [0.29, 0.717) is 13.1 Å². The molecule has 0 atom stereocenters. The lowest BCUT2D eigenvalue weighted by Crippen LogP contribution is -2.18. The summed E-state index contributed by atoms with van der Waals surface area (Å²) in [4.78, 5) is 10.0. The van der Waals surface area contributed by atoms with Crippen LogP contribution in [0.3, 0.4) is 0 Å². The normalized spacial score (nSPS) is 9.91. The van der Waals surface area contributed by atoms with Crippen LogP contribution in [-0.2, 0) is 4.79 Å². The fraction of sp³-hybridized carbons (Fsp3) is 0.857. The number of nitrogens with two attached hydrogens (primary N) is 2. The molecule has 0 aromatic rings. The summed E-state index contributed by atoms with van der Waals surface area (Å²) in [7, 11) is 0. The van der Waals surface area contributed by atoms with E-state index in [1.807, 2.05) is 0 Å². The first-order valence-electron chi connectivity index (χ1n) is 3.49. The number of rotatable bonds is 1. The highest BCUT2D eigenvalue weighted by molar-refractivity contribution is 5.72. The molecule has 11 heavy (non-hydrogen) atoms. The smallest absolute Gasteiger partial charge is 0.308 e. The average Bonchev–Trinajstić information content (AvgIpc) is 1.87. The molecule has 0 fully saturated rings. The van der Waals surface area contributed by atoms with E-state index >= 15 is 0 Å². The first-order valence-corrected chi connectivity index (χ1v) is 3.49. The average molecular weight is 162 g/mol. The van der Waals surface area contributed by atoms with Crippen molar-refractivity contribution in [3.63, 3.8) is 0 Å². The standard InChI is InChI=1S/C5H10O2.C2H8N2/c1-5(2,3)4(6)7;3-1-2-4/h1-3H3,(H,6,7);1-4H2. The molecule has 0 amide bonds. The summed E-state index contributed by atoms with van der Waals surface area (Å²) in [6.07, 6.45) is 0. The van der Waals surface area contributed by atoms with Crippen molar-refractivity contribution in [1.82, 2.24) is 0 Å². The van der Waals surface area contributed by atoms with E-state index in [9.17, 15) is 4.79 Å². The maximum atomic E-state index is 10.0. The second-order valence-corrected chi connectivity index (χ2v) is 3.13. The summed E-state index contributed by atoms with van der Waals surface area (Å²) in [5.74, 6) is -0.757. The van der Waals surface area contributed by atoms with E-state index in [2.05, 4.69) is 0 Å². The fourth-order valence-electron chi connectivity index (χ4n) is 0. The van der Waals surface area contributed by atoms with E-state index in [1.54, 1.807) is 20.8 Å². The number of carbonyl (C=O) groups is 1.